The molecule has 2 fully saturated rings. The first-order valence-electron chi connectivity index (χ1n) is 13.1. The van der Waals surface area contributed by atoms with Gasteiger partial charge in [0.05, 0.1) is 22.3 Å². The molecule has 200 valence electrons. The van der Waals surface area contributed by atoms with Crippen LogP contribution < -0.4 is 15.5 Å². The Morgan fingerprint density at radius 1 is 1.16 bits per heavy atom. The number of likely N-dealkylation sites (tertiary alicyclic amines) is 1. The molecule has 2 N–H and O–H groups in total. The maximum atomic E-state index is 12.6. The number of thiophene rings is 1. The van der Waals surface area contributed by atoms with Crippen LogP contribution in [0.3, 0.4) is 0 Å². The van der Waals surface area contributed by atoms with Crippen molar-refractivity contribution < 1.29 is 14.3 Å². The van der Waals surface area contributed by atoms with Gasteiger partial charge in [-0.15, -0.1) is 11.3 Å². The van der Waals surface area contributed by atoms with E-state index in [9.17, 15) is 9.59 Å². The van der Waals surface area contributed by atoms with Crippen LogP contribution in [0.1, 0.15) is 45.2 Å². The van der Waals surface area contributed by atoms with Gasteiger partial charge in [-0.1, -0.05) is 32.6 Å². The number of benzene rings is 1. The summed E-state index contributed by atoms with van der Waals surface area (Å²) in [4.78, 5) is 37.5. The van der Waals surface area contributed by atoms with Crippen LogP contribution in [0.4, 0.5) is 22.2 Å². The van der Waals surface area contributed by atoms with Crippen LogP contribution in [0.2, 0.25) is 0 Å². The zero-order valence-electron chi connectivity index (χ0n) is 22.0. The van der Waals surface area contributed by atoms with Gasteiger partial charge in [0, 0.05) is 24.8 Å². The fraction of sp³-hybridized carbons (Fsp3) is 0.429. The highest BCUT2D eigenvalue weighted by Gasteiger charge is 2.38. The predicted octanol–water partition coefficient (Wildman–Crippen LogP) is 5.43. The number of rotatable bonds is 8. The molecule has 0 aliphatic carbocycles. The van der Waals surface area contributed by atoms with Crippen molar-refractivity contribution >= 4 is 51.0 Å². The predicted molar refractivity (Wildman–Crippen MR) is 152 cm³/mol. The summed E-state index contributed by atoms with van der Waals surface area (Å²) in [7, 11) is 0. The molecule has 10 heteroatoms. The van der Waals surface area contributed by atoms with E-state index in [0.717, 1.165) is 47.4 Å². The molecule has 2 aliphatic heterocycles. The van der Waals surface area contributed by atoms with Gasteiger partial charge in [0.1, 0.15) is 6.61 Å². The summed E-state index contributed by atoms with van der Waals surface area (Å²) in [6, 6.07) is 10.5. The van der Waals surface area contributed by atoms with Crippen LogP contribution in [0, 0.1) is 5.92 Å². The van der Waals surface area contributed by atoms with Gasteiger partial charge in [-0.2, -0.15) is 4.98 Å². The van der Waals surface area contributed by atoms with Crippen LogP contribution in [0.5, 0.6) is 0 Å². The van der Waals surface area contributed by atoms with Gasteiger partial charge >= 0.3 is 6.09 Å². The lowest BCUT2D eigenvalue weighted by Gasteiger charge is -2.32. The van der Waals surface area contributed by atoms with E-state index in [1.165, 1.54) is 17.4 Å². The third-order valence-electron chi connectivity index (χ3n) is 7.30. The molecule has 3 aromatic rings. The standard InChI is InChI=1S/C28H34N6O3S/c1-5-24(35)33-13-10-21(11-14-33)30-20-8-6-19(7-9-20)18(4)29-27-31-22-12-15-38-25(22)26(32-27)34-23(17(2)3)16-37-28(34)36/h5-9,12,15,17-18,21,23,30H,1,10-11,13-14,16H2,2-4H3,(H,29,31,32)/t18-,23+/m0/s1. The van der Waals surface area contributed by atoms with E-state index in [4.69, 9.17) is 14.7 Å². The molecule has 0 bridgehead atoms. The Kier molecular flexibility index (Phi) is 7.51. The SMILES string of the molecule is C=CC(=O)N1CCC(Nc2ccc([C@H](C)Nc3nc(N4C(=O)OC[C@@H]4C(C)C)c4sccc4n3)cc2)CC1. The average molecular weight is 535 g/mol. The number of anilines is 3. The molecule has 0 unspecified atom stereocenters. The quantitative estimate of drug-likeness (QED) is 0.372. The minimum absolute atomic E-state index is 0.00337. The second-order valence-electron chi connectivity index (χ2n) is 10.2. The van der Waals surface area contributed by atoms with Crippen molar-refractivity contribution in [3.63, 3.8) is 0 Å². The van der Waals surface area contributed by atoms with Crippen molar-refractivity contribution in [1.82, 2.24) is 14.9 Å². The number of aromatic nitrogens is 2. The van der Waals surface area contributed by atoms with E-state index in [1.54, 1.807) is 4.90 Å². The number of cyclic esters (lactones) is 1. The van der Waals surface area contributed by atoms with Gasteiger partial charge in [0.25, 0.3) is 0 Å². The van der Waals surface area contributed by atoms with Crippen molar-refractivity contribution in [3.8, 4) is 0 Å². The zero-order chi connectivity index (χ0) is 26.8. The molecule has 0 spiro atoms. The van der Waals surface area contributed by atoms with Gasteiger partial charge in [-0.05, 0) is 60.9 Å². The van der Waals surface area contributed by atoms with Crippen molar-refractivity contribution in [2.45, 2.75) is 51.7 Å². The lowest BCUT2D eigenvalue weighted by molar-refractivity contribution is -0.126. The van der Waals surface area contributed by atoms with E-state index < -0.39 is 0 Å². The molecule has 2 saturated heterocycles. The second kappa shape index (κ2) is 11.0. The van der Waals surface area contributed by atoms with Gasteiger partial charge in [0.2, 0.25) is 11.9 Å². The first-order valence-corrected chi connectivity index (χ1v) is 14.0. The second-order valence-corrected chi connectivity index (χ2v) is 11.1. The van der Waals surface area contributed by atoms with Crippen LogP contribution in [0.25, 0.3) is 10.2 Å². The van der Waals surface area contributed by atoms with Gasteiger partial charge < -0.3 is 20.3 Å². The minimum atomic E-state index is -0.364. The Balaban J connectivity index is 1.27. The number of nitrogens with zero attached hydrogens (tertiary/aromatic N) is 4. The van der Waals surface area contributed by atoms with Gasteiger partial charge in [-0.3, -0.25) is 9.69 Å². The number of hydrogen-bond donors (Lipinski definition) is 2. The van der Waals surface area contributed by atoms with Crippen molar-refractivity contribution in [2.75, 3.05) is 35.2 Å². The number of nitrogens with one attached hydrogen (secondary N) is 2. The number of piperidine rings is 1. The Morgan fingerprint density at radius 2 is 1.89 bits per heavy atom. The summed E-state index contributed by atoms with van der Waals surface area (Å²) in [5, 5.41) is 8.98. The largest absolute Gasteiger partial charge is 0.447 e. The topological polar surface area (TPSA) is 99.7 Å². The van der Waals surface area contributed by atoms with Gasteiger partial charge in [0.15, 0.2) is 5.82 Å². The van der Waals surface area contributed by atoms with Gasteiger partial charge in [-0.25, -0.2) is 9.78 Å². The molecule has 38 heavy (non-hydrogen) atoms. The van der Waals surface area contributed by atoms with Crippen LogP contribution >= 0.6 is 11.3 Å². The molecule has 0 saturated carbocycles. The Morgan fingerprint density at radius 3 is 2.58 bits per heavy atom. The van der Waals surface area contributed by atoms with E-state index in [0.29, 0.717) is 24.4 Å². The molecule has 5 rings (SSSR count). The summed E-state index contributed by atoms with van der Waals surface area (Å²) in [5.74, 6) is 1.31. The lowest BCUT2D eigenvalue weighted by atomic mass is 10.0. The van der Waals surface area contributed by atoms with Crippen molar-refractivity contribution in [3.05, 3.63) is 53.9 Å². The highest BCUT2D eigenvalue weighted by atomic mass is 32.1. The maximum absolute atomic E-state index is 12.6. The Labute approximate surface area is 226 Å². The van der Waals surface area contributed by atoms with Crippen LogP contribution in [-0.2, 0) is 9.53 Å². The van der Waals surface area contributed by atoms with E-state index in [1.807, 2.05) is 16.3 Å². The molecule has 1 aromatic carbocycles. The number of carbonyl (C=O) groups is 2. The normalized spacial score (nSPS) is 19.1. The third kappa shape index (κ3) is 5.31. The molecule has 4 heterocycles. The minimum Gasteiger partial charge on any atom is -0.447 e. The molecule has 0 radical (unpaired) electrons. The molecule has 2 aliphatic rings. The number of amides is 2. The molecular formula is C28H34N6O3S. The summed E-state index contributed by atoms with van der Waals surface area (Å²) >= 11 is 1.53. The number of carbonyl (C=O) groups excluding carboxylic acids is 2. The first kappa shape index (κ1) is 26.0. The molecule has 2 amide bonds. The van der Waals surface area contributed by atoms with E-state index in [-0.39, 0.29) is 30.0 Å². The molecule has 2 aromatic heterocycles. The fourth-order valence-corrected chi connectivity index (χ4v) is 5.82. The summed E-state index contributed by atoms with van der Waals surface area (Å²) in [6.07, 6.45) is 2.84. The van der Waals surface area contributed by atoms with E-state index in [2.05, 4.69) is 62.2 Å². The average Bonchev–Trinajstić information content (AvgIpc) is 3.55. The highest BCUT2D eigenvalue weighted by Crippen LogP contribution is 2.35. The zero-order valence-corrected chi connectivity index (χ0v) is 22.8. The van der Waals surface area contributed by atoms with Crippen molar-refractivity contribution in [1.29, 1.82) is 0 Å². The fourth-order valence-electron chi connectivity index (χ4n) is 5.00. The Bertz CT molecular complexity index is 1320. The first-order chi connectivity index (χ1) is 18.3. The number of hydrogen-bond acceptors (Lipinski definition) is 8. The van der Waals surface area contributed by atoms with Crippen molar-refractivity contribution in [2.24, 2.45) is 5.92 Å². The number of fused-ring (bicyclic) bond motifs is 1. The highest BCUT2D eigenvalue weighted by molar-refractivity contribution is 7.17. The molecule has 9 nitrogen and oxygen atoms in total. The summed E-state index contributed by atoms with van der Waals surface area (Å²) < 4.78 is 6.26. The smallest absolute Gasteiger partial charge is 0.415 e. The monoisotopic (exact) mass is 534 g/mol. The summed E-state index contributed by atoms with van der Waals surface area (Å²) in [5.41, 5.74) is 2.95. The third-order valence-corrected chi connectivity index (χ3v) is 8.20. The maximum Gasteiger partial charge on any atom is 0.415 e. The van der Waals surface area contributed by atoms with Crippen LogP contribution in [-0.4, -0.2) is 58.6 Å². The molecule has 2 atom stereocenters. The lowest BCUT2D eigenvalue weighted by Crippen LogP contribution is -2.41. The van der Waals surface area contributed by atoms with Crippen LogP contribution in [0.15, 0.2) is 48.4 Å². The number of ether oxygens (including phenoxy) is 1. The van der Waals surface area contributed by atoms with E-state index >= 15 is 0 Å². The Hall–Kier alpha value is -3.66. The molecular weight excluding hydrogens is 500 g/mol. The summed E-state index contributed by atoms with van der Waals surface area (Å²) in [6.45, 7) is 11.6.